The number of amides is 1. The molecule has 3 aromatic heterocycles. The highest BCUT2D eigenvalue weighted by molar-refractivity contribution is 6.31. The fraction of sp³-hybridized carbons (Fsp3) is 0.280. The first kappa shape index (κ1) is 20.6. The van der Waals surface area contributed by atoms with Gasteiger partial charge in [-0.3, -0.25) is 9.78 Å². The van der Waals surface area contributed by atoms with Gasteiger partial charge in [-0.1, -0.05) is 29.8 Å². The van der Waals surface area contributed by atoms with E-state index in [1.54, 1.807) is 10.7 Å². The number of hydrogen-bond acceptors (Lipinski definition) is 4. The number of halogens is 1. The Morgan fingerprint density at radius 3 is 2.75 bits per heavy atom. The van der Waals surface area contributed by atoms with Crippen LogP contribution in [0.1, 0.15) is 57.6 Å². The Morgan fingerprint density at radius 1 is 1.09 bits per heavy atom. The zero-order valence-corrected chi connectivity index (χ0v) is 18.9. The largest absolute Gasteiger partial charge is 0.329 e. The first-order valence-corrected chi connectivity index (χ1v) is 11.2. The summed E-state index contributed by atoms with van der Waals surface area (Å²) in [7, 11) is 0. The quantitative estimate of drug-likeness (QED) is 0.445. The van der Waals surface area contributed by atoms with E-state index in [1.165, 1.54) is 0 Å². The molecule has 1 fully saturated rings. The van der Waals surface area contributed by atoms with E-state index >= 15 is 0 Å². The monoisotopic (exact) mass is 445 g/mol. The van der Waals surface area contributed by atoms with Crippen LogP contribution in [0.2, 0.25) is 5.02 Å². The maximum Gasteiger partial charge on any atom is 0.273 e. The second-order valence-corrected chi connectivity index (χ2v) is 8.76. The van der Waals surface area contributed by atoms with Gasteiger partial charge >= 0.3 is 0 Å². The second kappa shape index (κ2) is 8.36. The number of aromatic nitrogens is 4. The van der Waals surface area contributed by atoms with Gasteiger partial charge in [0.05, 0.1) is 17.9 Å². The van der Waals surface area contributed by atoms with Crippen LogP contribution in [0.3, 0.4) is 0 Å². The molecule has 0 radical (unpaired) electrons. The third kappa shape index (κ3) is 3.86. The molecule has 32 heavy (non-hydrogen) atoms. The van der Waals surface area contributed by atoms with Crippen molar-refractivity contribution in [1.29, 1.82) is 0 Å². The first-order valence-electron chi connectivity index (χ1n) is 10.8. The highest BCUT2D eigenvalue weighted by atomic mass is 35.5. The van der Waals surface area contributed by atoms with Crippen molar-refractivity contribution in [2.24, 2.45) is 0 Å². The molecular weight excluding hydrogens is 422 g/mol. The Labute approximate surface area is 191 Å². The van der Waals surface area contributed by atoms with Crippen LogP contribution in [0.5, 0.6) is 0 Å². The van der Waals surface area contributed by atoms with Gasteiger partial charge in [0.25, 0.3) is 5.91 Å². The van der Waals surface area contributed by atoms with E-state index in [0.717, 1.165) is 52.5 Å². The van der Waals surface area contributed by atoms with Gasteiger partial charge in [-0.2, -0.15) is 5.10 Å². The fourth-order valence-electron chi connectivity index (χ4n) is 4.56. The van der Waals surface area contributed by atoms with Crippen LogP contribution < -0.4 is 0 Å². The number of carbonyl (C=O) groups is 1. The molecule has 1 atom stereocenters. The Bertz CT molecular complexity index is 1310. The smallest absolute Gasteiger partial charge is 0.273 e. The Morgan fingerprint density at radius 2 is 1.91 bits per heavy atom. The Hall–Kier alpha value is -3.25. The van der Waals surface area contributed by atoms with E-state index in [0.29, 0.717) is 17.9 Å². The standard InChI is InChI=1S/C25H24ClN5O/c1-16-12-18(14-19-6-3-4-7-20(19)26)15-21(28-16)22-8-5-11-30(22)25(32)23-13-17(2)29-24-9-10-27-31(23)24/h3-4,6-7,9-10,12-13,15,22H,5,8,11,14H2,1-2H3/t22-/m0/s1. The van der Waals surface area contributed by atoms with Crippen LogP contribution in [0.15, 0.2) is 54.7 Å². The molecule has 1 amide bonds. The molecule has 0 bridgehead atoms. The molecule has 5 rings (SSSR count). The lowest BCUT2D eigenvalue weighted by molar-refractivity contribution is 0.0723. The van der Waals surface area contributed by atoms with Crippen molar-refractivity contribution in [3.05, 3.63) is 93.7 Å². The SMILES string of the molecule is Cc1cc(Cc2ccccc2Cl)cc([C@@H]2CCCN2C(=O)c2cc(C)nc3ccnn23)n1. The number of hydrogen-bond donors (Lipinski definition) is 0. The lowest BCUT2D eigenvalue weighted by Gasteiger charge is -2.25. The number of carbonyl (C=O) groups excluding carboxylic acids is 1. The molecule has 6 nitrogen and oxygen atoms in total. The zero-order chi connectivity index (χ0) is 22.2. The third-order valence-electron chi connectivity index (χ3n) is 5.95. The predicted octanol–water partition coefficient (Wildman–Crippen LogP) is 4.96. The van der Waals surface area contributed by atoms with E-state index in [2.05, 4.69) is 22.2 Å². The number of nitrogens with zero attached hydrogens (tertiary/aromatic N) is 5. The molecule has 0 spiro atoms. The number of pyridine rings is 1. The Balaban J connectivity index is 1.48. The van der Waals surface area contributed by atoms with Gasteiger partial charge in [-0.05, 0) is 68.5 Å². The molecule has 0 aliphatic carbocycles. The van der Waals surface area contributed by atoms with Gasteiger partial charge in [0.15, 0.2) is 5.65 Å². The molecule has 1 aliphatic heterocycles. The molecule has 0 N–H and O–H groups in total. The minimum Gasteiger partial charge on any atom is -0.329 e. The number of aryl methyl sites for hydroxylation is 2. The van der Waals surface area contributed by atoms with Crippen LogP contribution in [0, 0.1) is 13.8 Å². The van der Waals surface area contributed by atoms with Crippen molar-refractivity contribution in [3.63, 3.8) is 0 Å². The summed E-state index contributed by atoms with van der Waals surface area (Å²) in [4.78, 5) is 24.8. The maximum absolute atomic E-state index is 13.6. The summed E-state index contributed by atoms with van der Waals surface area (Å²) in [6, 6.07) is 15.7. The van der Waals surface area contributed by atoms with Crippen molar-refractivity contribution < 1.29 is 4.79 Å². The highest BCUT2D eigenvalue weighted by Gasteiger charge is 2.33. The van der Waals surface area contributed by atoms with Gasteiger partial charge < -0.3 is 4.90 Å². The molecular formula is C25H24ClN5O. The summed E-state index contributed by atoms with van der Waals surface area (Å²) in [5.74, 6) is -0.0392. The average Bonchev–Trinajstić information content (AvgIpc) is 3.43. The van der Waals surface area contributed by atoms with Crippen LogP contribution in [0.25, 0.3) is 5.65 Å². The van der Waals surface area contributed by atoms with Crippen molar-refractivity contribution in [2.45, 2.75) is 39.2 Å². The van der Waals surface area contributed by atoms with Crippen LogP contribution in [-0.2, 0) is 6.42 Å². The number of rotatable bonds is 4. The van der Waals surface area contributed by atoms with Gasteiger partial charge in [-0.15, -0.1) is 0 Å². The van der Waals surface area contributed by atoms with Crippen LogP contribution in [0.4, 0.5) is 0 Å². The maximum atomic E-state index is 13.6. The lowest BCUT2D eigenvalue weighted by atomic mass is 10.0. The van der Waals surface area contributed by atoms with E-state index in [1.807, 2.05) is 55.1 Å². The molecule has 0 saturated carbocycles. The van der Waals surface area contributed by atoms with Crippen molar-refractivity contribution >= 4 is 23.2 Å². The molecule has 4 heterocycles. The summed E-state index contributed by atoms with van der Waals surface area (Å²) in [6.07, 6.45) is 4.23. The molecule has 1 aromatic carbocycles. The first-order chi connectivity index (χ1) is 15.5. The Kier molecular flexibility index (Phi) is 5.39. The average molecular weight is 446 g/mol. The molecule has 1 saturated heterocycles. The topological polar surface area (TPSA) is 63.4 Å². The van der Waals surface area contributed by atoms with Gasteiger partial charge in [0.1, 0.15) is 5.69 Å². The van der Waals surface area contributed by atoms with Gasteiger partial charge in [0.2, 0.25) is 0 Å². The number of likely N-dealkylation sites (tertiary alicyclic amines) is 1. The number of fused-ring (bicyclic) bond motifs is 1. The molecule has 162 valence electrons. The minimum absolute atomic E-state index is 0.0392. The van der Waals surface area contributed by atoms with Crippen molar-refractivity contribution in [3.8, 4) is 0 Å². The minimum atomic E-state index is -0.0634. The predicted molar refractivity (Wildman–Crippen MR) is 124 cm³/mol. The van der Waals surface area contributed by atoms with Crippen molar-refractivity contribution in [1.82, 2.24) is 24.5 Å². The van der Waals surface area contributed by atoms with Crippen LogP contribution in [-0.4, -0.2) is 36.9 Å². The van der Waals surface area contributed by atoms with Gasteiger partial charge in [-0.25, -0.2) is 9.50 Å². The molecule has 4 aromatic rings. The van der Waals surface area contributed by atoms with E-state index in [-0.39, 0.29) is 11.9 Å². The normalized spacial score (nSPS) is 16.1. The second-order valence-electron chi connectivity index (χ2n) is 8.35. The summed E-state index contributed by atoms with van der Waals surface area (Å²) in [6.45, 7) is 4.59. The lowest BCUT2D eigenvalue weighted by Crippen LogP contribution is -2.32. The zero-order valence-electron chi connectivity index (χ0n) is 18.1. The summed E-state index contributed by atoms with van der Waals surface area (Å²) < 4.78 is 1.62. The van der Waals surface area contributed by atoms with E-state index in [4.69, 9.17) is 16.6 Å². The summed E-state index contributed by atoms with van der Waals surface area (Å²) >= 11 is 6.38. The highest BCUT2D eigenvalue weighted by Crippen LogP contribution is 2.33. The van der Waals surface area contributed by atoms with E-state index < -0.39 is 0 Å². The molecule has 1 aliphatic rings. The third-order valence-corrected chi connectivity index (χ3v) is 6.32. The van der Waals surface area contributed by atoms with E-state index in [9.17, 15) is 4.79 Å². The van der Waals surface area contributed by atoms with Crippen LogP contribution >= 0.6 is 11.6 Å². The molecule has 7 heteroatoms. The van der Waals surface area contributed by atoms with Gasteiger partial charge in [0, 0.05) is 29.0 Å². The summed E-state index contributed by atoms with van der Waals surface area (Å²) in [5, 5.41) is 5.07. The summed E-state index contributed by atoms with van der Waals surface area (Å²) in [5.41, 5.74) is 6.12. The fourth-order valence-corrected chi connectivity index (χ4v) is 4.76. The molecule has 0 unspecified atom stereocenters. The number of benzene rings is 1. The van der Waals surface area contributed by atoms with Crippen molar-refractivity contribution in [2.75, 3.05) is 6.54 Å².